The number of amidine groups is 1. The van der Waals surface area contributed by atoms with E-state index in [0.717, 1.165) is 30.0 Å². The molecule has 1 aliphatic carbocycles. The predicted molar refractivity (Wildman–Crippen MR) is 174 cm³/mol. The van der Waals surface area contributed by atoms with Crippen molar-refractivity contribution in [1.82, 2.24) is 10.1 Å². The van der Waals surface area contributed by atoms with Crippen molar-refractivity contribution in [2.45, 2.75) is 82.7 Å². The summed E-state index contributed by atoms with van der Waals surface area (Å²) in [7, 11) is -1.40. The van der Waals surface area contributed by atoms with Crippen molar-refractivity contribution in [2.24, 2.45) is 4.99 Å². The Balaban J connectivity index is 1.58. The fourth-order valence-corrected chi connectivity index (χ4v) is 7.76. The minimum absolute atomic E-state index is 0.0232. The summed E-state index contributed by atoms with van der Waals surface area (Å²) in [5, 5.41) is 3.98. The molecule has 0 atom stereocenters. The average molecular weight is 653 g/mol. The van der Waals surface area contributed by atoms with E-state index in [0.29, 0.717) is 53.1 Å². The molecule has 5 rings (SSSR count). The number of aryl methyl sites for hydroxylation is 1. The van der Waals surface area contributed by atoms with Crippen molar-refractivity contribution in [1.29, 1.82) is 0 Å². The van der Waals surface area contributed by atoms with Crippen LogP contribution in [0.25, 0.3) is 17.2 Å². The molecular weight excluding hydrogens is 611 g/mol. The number of hydrogen-bond acceptors (Lipinski definition) is 8. The van der Waals surface area contributed by atoms with Gasteiger partial charge in [0.2, 0.25) is 0 Å². The van der Waals surface area contributed by atoms with Crippen LogP contribution in [0.15, 0.2) is 57.1 Å². The zero-order valence-electron chi connectivity index (χ0n) is 27.0. The normalized spacial score (nSPS) is 16.2. The largest absolute Gasteiger partial charge is 0.504 e. The molecule has 3 aromatic rings. The Morgan fingerprint density at radius 3 is 2.52 bits per heavy atom. The highest BCUT2D eigenvalue weighted by molar-refractivity contribution is 7.93. The summed E-state index contributed by atoms with van der Waals surface area (Å²) in [6.45, 7) is 5.19. The Kier molecular flexibility index (Phi) is 9.97. The van der Waals surface area contributed by atoms with E-state index >= 15 is 4.39 Å². The number of hydrogen-bond donors (Lipinski definition) is 0. The van der Waals surface area contributed by atoms with Crippen LogP contribution < -0.4 is 4.31 Å². The lowest BCUT2D eigenvalue weighted by molar-refractivity contribution is -0.131. The van der Waals surface area contributed by atoms with Gasteiger partial charge in [0, 0.05) is 30.2 Å². The summed E-state index contributed by atoms with van der Waals surface area (Å²) in [5.41, 5.74) is 1.23. The molecule has 1 aliphatic heterocycles. The van der Waals surface area contributed by atoms with Crippen LogP contribution in [0, 0.1) is 19.7 Å². The maximum absolute atomic E-state index is 16.2. The highest BCUT2D eigenvalue weighted by atomic mass is 32.2. The lowest BCUT2D eigenvalue weighted by atomic mass is 9.95. The van der Waals surface area contributed by atoms with Crippen molar-refractivity contribution in [3.05, 3.63) is 70.9 Å². The van der Waals surface area contributed by atoms with Crippen LogP contribution in [-0.4, -0.2) is 56.7 Å². The predicted octanol–water partition coefficient (Wildman–Crippen LogP) is 6.76. The van der Waals surface area contributed by atoms with E-state index in [1.54, 1.807) is 49.1 Å². The van der Waals surface area contributed by atoms with Gasteiger partial charge in [-0.2, -0.15) is 0 Å². The van der Waals surface area contributed by atoms with Crippen LogP contribution in [0.5, 0.6) is 0 Å². The third-order valence-corrected chi connectivity index (χ3v) is 10.5. The molecule has 0 N–H and O–H groups in total. The molecule has 246 valence electrons. The SMILES string of the molecule is CCCCC1=NC2(CCCC2)C(=O)N1Cc1cc(/C=C/OC)c(-c2ccccc2S(=O)(=O)N(COC)c2noc(C)c2C)cc1F. The van der Waals surface area contributed by atoms with Gasteiger partial charge in [0.15, 0.2) is 5.82 Å². The molecule has 0 unspecified atom stereocenters. The number of aromatic nitrogens is 1. The number of carbonyl (C=O) groups excluding carboxylic acids is 1. The molecule has 1 aromatic heterocycles. The van der Waals surface area contributed by atoms with Gasteiger partial charge in [-0.15, -0.1) is 0 Å². The minimum atomic E-state index is -4.28. The number of methoxy groups -OCH3 is 2. The fourth-order valence-electron chi connectivity index (χ4n) is 6.17. The second kappa shape index (κ2) is 13.8. The molecule has 1 saturated carbocycles. The molecule has 2 heterocycles. The number of anilines is 1. The molecule has 1 amide bonds. The lowest BCUT2D eigenvalue weighted by Crippen LogP contribution is -2.40. The van der Waals surface area contributed by atoms with Crippen molar-refractivity contribution >= 4 is 33.7 Å². The maximum Gasteiger partial charge on any atom is 0.268 e. The summed E-state index contributed by atoms with van der Waals surface area (Å²) in [5.74, 6) is 0.651. The van der Waals surface area contributed by atoms with Crippen LogP contribution in [0.3, 0.4) is 0 Å². The van der Waals surface area contributed by atoms with Crippen LogP contribution in [0.4, 0.5) is 10.2 Å². The van der Waals surface area contributed by atoms with Gasteiger partial charge in [0.1, 0.15) is 29.7 Å². The lowest BCUT2D eigenvalue weighted by Gasteiger charge is -2.24. The third-order valence-electron chi connectivity index (χ3n) is 8.77. The molecule has 1 fully saturated rings. The number of benzene rings is 2. The number of halogens is 1. The molecule has 12 heteroatoms. The van der Waals surface area contributed by atoms with Crippen LogP contribution in [0.2, 0.25) is 0 Å². The highest BCUT2D eigenvalue weighted by Gasteiger charge is 2.49. The number of amides is 1. The molecule has 2 aliphatic rings. The second-order valence-corrected chi connectivity index (χ2v) is 13.6. The molecule has 10 nitrogen and oxygen atoms in total. The van der Waals surface area contributed by atoms with Crippen molar-refractivity contribution in [3.63, 3.8) is 0 Å². The summed E-state index contributed by atoms with van der Waals surface area (Å²) in [6, 6.07) is 9.35. The van der Waals surface area contributed by atoms with Gasteiger partial charge in [-0.1, -0.05) is 49.5 Å². The van der Waals surface area contributed by atoms with Gasteiger partial charge in [-0.05, 0) is 68.5 Å². The molecule has 2 aromatic carbocycles. The Morgan fingerprint density at radius 1 is 1.13 bits per heavy atom. The first kappa shape index (κ1) is 33.3. The van der Waals surface area contributed by atoms with E-state index in [9.17, 15) is 13.2 Å². The quantitative estimate of drug-likeness (QED) is 0.148. The number of rotatable bonds is 13. The number of nitrogens with zero attached hydrogens (tertiary/aromatic N) is 4. The van der Waals surface area contributed by atoms with Gasteiger partial charge in [0.05, 0.1) is 24.8 Å². The monoisotopic (exact) mass is 652 g/mol. The Morgan fingerprint density at radius 2 is 1.87 bits per heavy atom. The van der Waals surface area contributed by atoms with Gasteiger partial charge in [0.25, 0.3) is 15.9 Å². The summed E-state index contributed by atoms with van der Waals surface area (Å²) < 4.78 is 61.4. The first-order valence-electron chi connectivity index (χ1n) is 15.5. The first-order chi connectivity index (χ1) is 22.1. The van der Waals surface area contributed by atoms with Crippen molar-refractivity contribution in [3.8, 4) is 11.1 Å². The van der Waals surface area contributed by atoms with Crippen molar-refractivity contribution < 1.29 is 31.6 Å². The van der Waals surface area contributed by atoms with E-state index in [1.165, 1.54) is 32.6 Å². The number of unbranched alkanes of at least 4 members (excludes halogenated alkanes) is 1. The first-order valence-corrected chi connectivity index (χ1v) is 17.0. The topological polar surface area (TPSA) is 115 Å². The third kappa shape index (κ3) is 6.20. The smallest absolute Gasteiger partial charge is 0.268 e. The molecule has 0 bridgehead atoms. The average Bonchev–Trinajstić information content (AvgIpc) is 3.73. The summed E-state index contributed by atoms with van der Waals surface area (Å²) in [6.07, 6.45) is 8.87. The van der Waals surface area contributed by atoms with Gasteiger partial charge in [-0.3, -0.25) is 14.7 Å². The van der Waals surface area contributed by atoms with Gasteiger partial charge >= 0.3 is 0 Å². The van der Waals surface area contributed by atoms with Gasteiger partial charge < -0.3 is 14.0 Å². The molecular formula is C34H41FN4O6S. The maximum atomic E-state index is 16.2. The summed E-state index contributed by atoms with van der Waals surface area (Å²) in [4.78, 5) is 20.2. The molecule has 46 heavy (non-hydrogen) atoms. The number of carbonyl (C=O) groups is 1. The fraction of sp³-hybridized carbons (Fsp3) is 0.441. The zero-order valence-corrected chi connectivity index (χ0v) is 27.8. The Labute approximate surface area is 269 Å². The molecule has 0 radical (unpaired) electrons. The van der Waals surface area contributed by atoms with Crippen LogP contribution >= 0.6 is 0 Å². The number of sulfonamides is 1. The second-order valence-electron chi connectivity index (χ2n) is 11.8. The van der Waals surface area contributed by atoms with E-state index < -0.39 is 21.4 Å². The van der Waals surface area contributed by atoms with E-state index in [4.69, 9.17) is 19.0 Å². The zero-order chi connectivity index (χ0) is 33.1. The minimum Gasteiger partial charge on any atom is -0.504 e. The number of aliphatic imine (C=N–C) groups is 1. The van der Waals surface area contributed by atoms with Crippen LogP contribution in [-0.2, 0) is 30.8 Å². The van der Waals surface area contributed by atoms with Gasteiger partial charge in [-0.25, -0.2) is 17.1 Å². The standard InChI is InChI=1S/C34H41FN4O6S/c1-6-7-14-31-36-34(16-10-11-17-34)33(40)38(31)21-26-19-25(15-18-43-4)28(20-29(26)35)27-12-8-9-13-30(27)46(41,42)39(22-44-5)32-23(2)24(3)45-37-32/h8-9,12-13,15,18-20H,6-7,10-11,14,16-17,21-22H2,1-5H3/b18-15+. The van der Waals surface area contributed by atoms with E-state index in [2.05, 4.69) is 12.1 Å². The summed E-state index contributed by atoms with van der Waals surface area (Å²) >= 11 is 0. The van der Waals surface area contributed by atoms with E-state index in [-0.39, 0.29) is 35.5 Å². The number of ether oxygens (including phenoxy) is 2. The highest BCUT2D eigenvalue weighted by Crippen LogP contribution is 2.41. The van der Waals surface area contributed by atoms with Crippen molar-refractivity contribution in [2.75, 3.05) is 25.3 Å². The van der Waals surface area contributed by atoms with E-state index in [1.807, 2.05) is 0 Å². The molecule has 1 spiro atoms. The van der Waals surface area contributed by atoms with Crippen LogP contribution in [0.1, 0.15) is 74.3 Å². The Bertz CT molecular complexity index is 1760. The molecule has 0 saturated heterocycles. The Hall–Kier alpha value is -4.03.